The molecule has 3 aromatic rings. The van der Waals surface area contributed by atoms with Crippen molar-refractivity contribution < 1.29 is 4.79 Å². The minimum absolute atomic E-state index is 0.0408. The van der Waals surface area contributed by atoms with Gasteiger partial charge in [-0.05, 0) is 46.5 Å². The van der Waals surface area contributed by atoms with E-state index in [9.17, 15) is 4.79 Å². The highest BCUT2D eigenvalue weighted by atomic mass is 32.1. The van der Waals surface area contributed by atoms with Gasteiger partial charge in [0.25, 0.3) is 0 Å². The van der Waals surface area contributed by atoms with Crippen LogP contribution in [0.1, 0.15) is 17.5 Å². The molecule has 0 saturated heterocycles. The maximum atomic E-state index is 12.1. The van der Waals surface area contributed by atoms with Crippen molar-refractivity contribution in [3.63, 3.8) is 0 Å². The molecule has 0 saturated carbocycles. The Hall–Kier alpha value is -2.40. The van der Waals surface area contributed by atoms with Crippen molar-refractivity contribution in [2.24, 2.45) is 0 Å². The average molecular weight is 311 g/mol. The van der Waals surface area contributed by atoms with Crippen LogP contribution in [-0.4, -0.2) is 15.7 Å². The summed E-state index contributed by atoms with van der Waals surface area (Å²) in [4.78, 5) is 12.1. The Morgan fingerprint density at radius 3 is 2.91 bits per heavy atom. The summed E-state index contributed by atoms with van der Waals surface area (Å²) in [6.07, 6.45) is 4.93. The monoisotopic (exact) mass is 311 g/mol. The van der Waals surface area contributed by atoms with E-state index in [0.29, 0.717) is 13.0 Å². The number of carbonyl (C=O) groups is 1. The quantitative estimate of drug-likeness (QED) is 0.756. The van der Waals surface area contributed by atoms with Crippen LogP contribution in [-0.2, 0) is 17.8 Å². The summed E-state index contributed by atoms with van der Waals surface area (Å²) < 4.78 is 1.84. The third-order valence-electron chi connectivity index (χ3n) is 3.40. The number of carbonyl (C=O) groups excluding carboxylic acids is 1. The molecule has 0 atom stereocenters. The normalized spacial score (nSPS) is 10.5. The molecule has 0 spiro atoms. The molecular formula is C17H17N3OS. The maximum absolute atomic E-state index is 12.1. The lowest BCUT2D eigenvalue weighted by Crippen LogP contribution is -2.14. The van der Waals surface area contributed by atoms with E-state index in [4.69, 9.17) is 0 Å². The second-order valence-electron chi connectivity index (χ2n) is 5.04. The van der Waals surface area contributed by atoms with Gasteiger partial charge >= 0.3 is 0 Å². The second kappa shape index (κ2) is 7.04. The fraction of sp³-hybridized carbons (Fsp3) is 0.176. The first-order valence-corrected chi connectivity index (χ1v) is 8.12. The third-order valence-corrected chi connectivity index (χ3v) is 4.14. The average Bonchev–Trinajstić information content (AvgIpc) is 3.20. The second-order valence-corrected chi connectivity index (χ2v) is 5.82. The smallest absolute Gasteiger partial charge is 0.224 e. The zero-order valence-corrected chi connectivity index (χ0v) is 12.9. The standard InChI is InChI=1S/C17H17N3OS/c21-17(7-6-14-8-11-22-13-14)19-16-5-2-1-4-15(16)12-20-10-3-9-18-20/h1-5,8-11,13H,6-7,12H2,(H,19,21). The minimum Gasteiger partial charge on any atom is -0.326 e. The number of hydrogen-bond donors (Lipinski definition) is 1. The molecule has 4 nitrogen and oxygen atoms in total. The first kappa shape index (κ1) is 14.5. The van der Waals surface area contributed by atoms with Gasteiger partial charge in [-0.15, -0.1) is 0 Å². The van der Waals surface area contributed by atoms with Crippen LogP contribution in [0, 0.1) is 0 Å². The predicted octanol–water partition coefficient (Wildman–Crippen LogP) is 3.56. The van der Waals surface area contributed by atoms with E-state index >= 15 is 0 Å². The Labute approximate surface area is 133 Å². The molecule has 0 unspecified atom stereocenters. The van der Waals surface area contributed by atoms with Crippen molar-refractivity contribution in [2.45, 2.75) is 19.4 Å². The van der Waals surface area contributed by atoms with Gasteiger partial charge in [-0.2, -0.15) is 16.4 Å². The SMILES string of the molecule is O=C(CCc1ccsc1)Nc1ccccc1Cn1cccn1. The highest BCUT2D eigenvalue weighted by molar-refractivity contribution is 7.07. The number of thiophene rings is 1. The number of aromatic nitrogens is 2. The summed E-state index contributed by atoms with van der Waals surface area (Å²) in [6, 6.07) is 11.8. The number of rotatable bonds is 6. The van der Waals surface area contributed by atoms with Crippen LogP contribution in [0.4, 0.5) is 5.69 Å². The molecule has 112 valence electrons. The van der Waals surface area contributed by atoms with Gasteiger partial charge in [0.15, 0.2) is 0 Å². The molecule has 3 rings (SSSR count). The van der Waals surface area contributed by atoms with Crippen molar-refractivity contribution in [1.82, 2.24) is 9.78 Å². The molecular weight excluding hydrogens is 294 g/mol. The van der Waals surface area contributed by atoms with Crippen molar-refractivity contribution in [1.29, 1.82) is 0 Å². The number of anilines is 1. The Kier molecular flexibility index (Phi) is 4.65. The Morgan fingerprint density at radius 1 is 1.23 bits per heavy atom. The Balaban J connectivity index is 1.63. The summed E-state index contributed by atoms with van der Waals surface area (Å²) in [5, 5.41) is 11.3. The Morgan fingerprint density at radius 2 is 2.14 bits per heavy atom. The summed E-state index contributed by atoms with van der Waals surface area (Å²) in [7, 11) is 0. The van der Waals surface area contributed by atoms with Gasteiger partial charge in [0.05, 0.1) is 6.54 Å². The van der Waals surface area contributed by atoms with Gasteiger partial charge in [0, 0.05) is 24.5 Å². The van der Waals surface area contributed by atoms with Crippen LogP contribution < -0.4 is 5.32 Å². The number of nitrogens with one attached hydrogen (secondary N) is 1. The number of hydrogen-bond acceptors (Lipinski definition) is 3. The predicted molar refractivity (Wildman–Crippen MR) is 89.0 cm³/mol. The van der Waals surface area contributed by atoms with E-state index in [-0.39, 0.29) is 5.91 Å². The topological polar surface area (TPSA) is 46.9 Å². The van der Waals surface area contributed by atoms with E-state index in [1.54, 1.807) is 17.5 Å². The molecule has 2 aromatic heterocycles. The number of amides is 1. The zero-order chi connectivity index (χ0) is 15.2. The van der Waals surface area contributed by atoms with Crippen LogP contribution in [0.15, 0.2) is 59.6 Å². The van der Waals surface area contributed by atoms with E-state index in [2.05, 4.69) is 21.9 Å². The van der Waals surface area contributed by atoms with Crippen molar-refractivity contribution in [2.75, 3.05) is 5.32 Å². The lowest BCUT2D eigenvalue weighted by molar-refractivity contribution is -0.116. The van der Waals surface area contributed by atoms with Crippen LogP contribution in [0.25, 0.3) is 0 Å². The molecule has 1 amide bonds. The first-order valence-electron chi connectivity index (χ1n) is 7.17. The van der Waals surface area contributed by atoms with Gasteiger partial charge in [-0.3, -0.25) is 9.48 Å². The molecule has 0 aliphatic rings. The molecule has 22 heavy (non-hydrogen) atoms. The third kappa shape index (κ3) is 3.83. The molecule has 0 bridgehead atoms. The zero-order valence-electron chi connectivity index (χ0n) is 12.1. The molecule has 0 aliphatic heterocycles. The van der Waals surface area contributed by atoms with E-state index in [0.717, 1.165) is 17.7 Å². The van der Waals surface area contributed by atoms with Gasteiger partial charge in [0.1, 0.15) is 0 Å². The van der Waals surface area contributed by atoms with Crippen molar-refractivity contribution in [3.8, 4) is 0 Å². The highest BCUT2D eigenvalue weighted by Crippen LogP contribution is 2.17. The summed E-state index contributed by atoms with van der Waals surface area (Å²) in [5.74, 6) is 0.0408. The number of aryl methyl sites for hydroxylation is 1. The fourth-order valence-corrected chi connectivity index (χ4v) is 2.96. The molecule has 5 heteroatoms. The maximum Gasteiger partial charge on any atom is 0.224 e. The molecule has 1 aromatic carbocycles. The summed E-state index contributed by atoms with van der Waals surface area (Å²) in [5.41, 5.74) is 3.12. The molecule has 0 fully saturated rings. The fourth-order valence-electron chi connectivity index (χ4n) is 2.25. The van der Waals surface area contributed by atoms with Crippen LogP contribution in [0.3, 0.4) is 0 Å². The number of para-hydroxylation sites is 1. The van der Waals surface area contributed by atoms with Gasteiger partial charge in [-0.1, -0.05) is 18.2 Å². The summed E-state index contributed by atoms with van der Waals surface area (Å²) >= 11 is 1.66. The van der Waals surface area contributed by atoms with Gasteiger partial charge < -0.3 is 5.32 Å². The van der Waals surface area contributed by atoms with E-state index in [1.807, 2.05) is 46.6 Å². The largest absolute Gasteiger partial charge is 0.326 e. The molecule has 2 heterocycles. The lowest BCUT2D eigenvalue weighted by atomic mass is 10.1. The molecule has 0 radical (unpaired) electrons. The van der Waals surface area contributed by atoms with Crippen molar-refractivity contribution >= 4 is 22.9 Å². The minimum atomic E-state index is 0.0408. The van der Waals surface area contributed by atoms with Gasteiger partial charge in [-0.25, -0.2) is 0 Å². The molecule has 1 N–H and O–H groups in total. The molecule has 0 aliphatic carbocycles. The van der Waals surface area contributed by atoms with Crippen LogP contribution >= 0.6 is 11.3 Å². The van der Waals surface area contributed by atoms with Gasteiger partial charge in [0.2, 0.25) is 5.91 Å². The first-order chi connectivity index (χ1) is 10.8. The van der Waals surface area contributed by atoms with Crippen molar-refractivity contribution in [3.05, 3.63) is 70.7 Å². The summed E-state index contributed by atoms with van der Waals surface area (Å²) in [6.45, 7) is 0.647. The van der Waals surface area contributed by atoms with Crippen LogP contribution in [0.2, 0.25) is 0 Å². The lowest BCUT2D eigenvalue weighted by Gasteiger charge is -2.11. The number of benzene rings is 1. The highest BCUT2D eigenvalue weighted by Gasteiger charge is 2.07. The van der Waals surface area contributed by atoms with Crippen LogP contribution in [0.5, 0.6) is 0 Å². The van der Waals surface area contributed by atoms with E-state index in [1.165, 1.54) is 5.56 Å². The number of nitrogens with zero attached hydrogens (tertiary/aromatic N) is 2. The van der Waals surface area contributed by atoms with E-state index < -0.39 is 0 Å². The Bertz CT molecular complexity index is 720.